The zero-order chi connectivity index (χ0) is 21.6. The Morgan fingerprint density at radius 2 is 1.36 bits per heavy atom. The smallest absolute Gasteiger partial charge is 0.435 e. The molecule has 0 heterocycles. The number of nitrogens with one attached hydrogen (secondary N) is 2. The monoisotopic (exact) mass is 730 g/mol. The van der Waals surface area contributed by atoms with E-state index in [9.17, 15) is 19.2 Å². The first-order valence-electron chi connectivity index (χ1n) is 7.79. The first-order chi connectivity index (χ1) is 13.0. The Hall–Kier alpha value is -0.910. The Labute approximate surface area is 202 Å². The number of carbonyl (C=O) groups excluding carboxylic acids is 4. The molecule has 1 atom stereocenters. The van der Waals surface area contributed by atoms with Crippen LogP contribution in [0.4, 0.5) is 16.2 Å². The molecule has 2 N–H and O–H groups in total. The van der Waals surface area contributed by atoms with Gasteiger partial charge in [-0.15, -0.1) is 0 Å². The molecule has 9 nitrogen and oxygen atoms in total. The topological polar surface area (TPSA) is 120 Å². The lowest BCUT2D eigenvalue weighted by Crippen LogP contribution is -2.24. The first kappa shape index (κ1) is 25.1. The minimum Gasteiger partial charge on any atom is -0.435 e. The van der Waals surface area contributed by atoms with Crippen LogP contribution in [0.1, 0.15) is 38.1 Å². The molecular weight excluding hydrogens is 713 g/mol. The molecule has 0 aliphatic heterocycles. The van der Waals surface area contributed by atoms with Crippen molar-refractivity contribution in [3.8, 4) is 0 Å². The van der Waals surface area contributed by atoms with Gasteiger partial charge in [0.15, 0.2) is 0 Å². The molecule has 1 aromatic rings. The van der Waals surface area contributed by atoms with Crippen LogP contribution in [0.15, 0.2) is 0 Å². The number of hydrogen-bond donors (Lipinski definition) is 2. The fourth-order valence-corrected chi connectivity index (χ4v) is 6.08. The highest BCUT2D eigenvalue weighted by atomic mass is 127. The van der Waals surface area contributed by atoms with E-state index >= 15 is 0 Å². The average Bonchev–Trinajstić information content (AvgIpc) is 2.55. The van der Waals surface area contributed by atoms with Gasteiger partial charge in [-0.2, -0.15) is 0 Å². The van der Waals surface area contributed by atoms with E-state index in [1.54, 1.807) is 6.92 Å². The highest BCUT2D eigenvalue weighted by Gasteiger charge is 2.28. The summed E-state index contributed by atoms with van der Waals surface area (Å²) in [6.45, 7) is 5.75. The van der Waals surface area contributed by atoms with Gasteiger partial charge in [0.1, 0.15) is 0 Å². The summed E-state index contributed by atoms with van der Waals surface area (Å²) in [7, 11) is 0. The lowest BCUT2D eigenvalue weighted by atomic mass is 10.1. The normalized spacial score (nSPS) is 11.2. The number of benzene rings is 1. The van der Waals surface area contributed by atoms with Crippen LogP contribution in [0, 0.1) is 10.7 Å². The fraction of sp³-hybridized carbons (Fsp3) is 0.375. The molecule has 0 aliphatic carbocycles. The highest BCUT2D eigenvalue weighted by molar-refractivity contribution is 14.1. The highest BCUT2D eigenvalue weighted by Crippen LogP contribution is 2.39. The van der Waals surface area contributed by atoms with Gasteiger partial charge >= 0.3 is 12.1 Å². The van der Waals surface area contributed by atoms with Crippen LogP contribution in [0.25, 0.3) is 0 Å². The van der Waals surface area contributed by atoms with E-state index in [2.05, 4.69) is 15.4 Å². The third kappa shape index (κ3) is 6.85. The maximum atomic E-state index is 12.7. The summed E-state index contributed by atoms with van der Waals surface area (Å²) in [5.41, 5.74) is 0.848. The molecule has 1 rings (SSSR count). The molecule has 154 valence electrons. The molecule has 0 aliphatic rings. The van der Waals surface area contributed by atoms with E-state index in [0.717, 1.165) is 0 Å². The number of amides is 2. The summed E-state index contributed by atoms with van der Waals surface area (Å²) >= 11 is 5.79. The van der Waals surface area contributed by atoms with Crippen LogP contribution in [-0.4, -0.2) is 36.8 Å². The number of carbonyl (C=O) groups is 4. The van der Waals surface area contributed by atoms with Crippen LogP contribution < -0.4 is 10.6 Å². The molecule has 2 amide bonds. The number of anilines is 2. The third-order valence-corrected chi connectivity index (χ3v) is 6.16. The van der Waals surface area contributed by atoms with Gasteiger partial charge in [-0.05, 0) is 74.7 Å². The standard InChI is InChI=1S/C16H17I3N2O7/c1-5-26-16(25)28-8(4)27-15(24)9-10(17)13(20-6(2)22)12(19)14(11(9)18)21-7(3)23/h8H,5H2,1-4H3,(H,20,22)(H,21,23). The summed E-state index contributed by atoms with van der Waals surface area (Å²) < 4.78 is 16.0. The predicted molar refractivity (Wildman–Crippen MR) is 126 cm³/mol. The van der Waals surface area contributed by atoms with Gasteiger partial charge in [0.05, 0.1) is 34.3 Å². The van der Waals surface area contributed by atoms with Crippen molar-refractivity contribution >= 4 is 103 Å². The van der Waals surface area contributed by atoms with Crippen LogP contribution in [-0.2, 0) is 23.8 Å². The Morgan fingerprint density at radius 3 is 1.75 bits per heavy atom. The van der Waals surface area contributed by atoms with Gasteiger partial charge in [-0.3, -0.25) is 9.59 Å². The van der Waals surface area contributed by atoms with Crippen molar-refractivity contribution in [2.24, 2.45) is 0 Å². The second-order valence-electron chi connectivity index (χ2n) is 5.20. The average molecular weight is 730 g/mol. The van der Waals surface area contributed by atoms with E-state index in [4.69, 9.17) is 9.47 Å². The van der Waals surface area contributed by atoms with E-state index in [0.29, 0.717) is 22.1 Å². The molecule has 0 saturated heterocycles. The van der Waals surface area contributed by atoms with Crippen molar-refractivity contribution in [3.63, 3.8) is 0 Å². The van der Waals surface area contributed by atoms with Gasteiger partial charge in [-0.1, -0.05) is 0 Å². The summed E-state index contributed by atoms with van der Waals surface area (Å²) in [5.74, 6) is -1.48. The molecule has 12 heteroatoms. The van der Waals surface area contributed by atoms with E-state index in [1.165, 1.54) is 20.8 Å². The lowest BCUT2D eigenvalue weighted by Gasteiger charge is -2.20. The number of rotatable bonds is 6. The van der Waals surface area contributed by atoms with Gasteiger partial charge in [0.2, 0.25) is 18.1 Å². The maximum absolute atomic E-state index is 12.7. The lowest BCUT2D eigenvalue weighted by molar-refractivity contribution is -0.115. The molecule has 1 aromatic carbocycles. The molecule has 1 unspecified atom stereocenters. The molecule has 0 spiro atoms. The Kier molecular flexibility index (Phi) is 10.2. The zero-order valence-corrected chi connectivity index (χ0v) is 21.7. The molecule has 0 fully saturated rings. The minimum absolute atomic E-state index is 0.118. The van der Waals surface area contributed by atoms with Gasteiger partial charge in [0.25, 0.3) is 0 Å². The number of esters is 1. The molecule has 28 heavy (non-hydrogen) atoms. The maximum Gasteiger partial charge on any atom is 0.511 e. The quantitative estimate of drug-likeness (QED) is 0.257. The van der Waals surface area contributed by atoms with Gasteiger partial charge < -0.3 is 24.8 Å². The number of hydrogen-bond acceptors (Lipinski definition) is 7. The molecule has 0 bridgehead atoms. The Balaban J connectivity index is 3.35. The van der Waals surface area contributed by atoms with Crippen LogP contribution in [0.3, 0.4) is 0 Å². The van der Waals surface area contributed by atoms with Crippen LogP contribution in [0.2, 0.25) is 0 Å². The minimum atomic E-state index is -1.20. The van der Waals surface area contributed by atoms with Gasteiger partial charge in [0, 0.05) is 20.8 Å². The van der Waals surface area contributed by atoms with Crippen molar-refractivity contribution in [3.05, 3.63) is 16.3 Å². The first-order valence-corrected chi connectivity index (χ1v) is 11.0. The van der Waals surface area contributed by atoms with E-state index in [1.807, 2.05) is 67.8 Å². The third-order valence-electron chi connectivity index (χ3n) is 2.92. The summed E-state index contributed by atoms with van der Waals surface area (Å²) in [4.78, 5) is 47.3. The van der Waals surface area contributed by atoms with Crippen molar-refractivity contribution < 1.29 is 33.4 Å². The molecule has 0 aromatic heterocycles. The molecular formula is C16H17I3N2O7. The molecule has 0 radical (unpaired) electrons. The Morgan fingerprint density at radius 1 is 0.893 bits per heavy atom. The van der Waals surface area contributed by atoms with Crippen molar-refractivity contribution in [1.29, 1.82) is 0 Å². The molecule has 0 saturated carbocycles. The van der Waals surface area contributed by atoms with Crippen molar-refractivity contribution in [2.45, 2.75) is 34.0 Å². The second kappa shape index (κ2) is 11.3. The SMILES string of the molecule is CCOC(=O)OC(C)OC(=O)c1c(I)c(NC(C)=O)c(I)c(NC(C)=O)c1I. The Bertz CT molecular complexity index is 771. The number of halogens is 3. The summed E-state index contributed by atoms with van der Waals surface area (Å²) in [6.07, 6.45) is -2.17. The van der Waals surface area contributed by atoms with E-state index in [-0.39, 0.29) is 24.0 Å². The largest absolute Gasteiger partial charge is 0.511 e. The summed E-state index contributed by atoms with van der Waals surface area (Å²) in [5, 5.41) is 5.32. The van der Waals surface area contributed by atoms with Gasteiger partial charge in [-0.25, -0.2) is 9.59 Å². The fourth-order valence-electron chi connectivity index (χ4n) is 1.94. The van der Waals surface area contributed by atoms with Crippen molar-refractivity contribution in [1.82, 2.24) is 0 Å². The second-order valence-corrected chi connectivity index (χ2v) is 8.44. The number of ether oxygens (including phenoxy) is 3. The predicted octanol–water partition coefficient (Wildman–Crippen LogP) is 4.09. The zero-order valence-electron chi connectivity index (χ0n) is 15.3. The van der Waals surface area contributed by atoms with Crippen molar-refractivity contribution in [2.75, 3.05) is 17.2 Å². The van der Waals surface area contributed by atoms with Crippen LogP contribution >= 0.6 is 67.8 Å². The van der Waals surface area contributed by atoms with Crippen LogP contribution in [0.5, 0.6) is 0 Å². The summed E-state index contributed by atoms with van der Waals surface area (Å²) in [6, 6.07) is 0. The van der Waals surface area contributed by atoms with E-state index < -0.39 is 18.4 Å².